The molecule has 1 aliphatic carbocycles. The maximum atomic E-state index is 12.4. The number of carboxylic acids is 1. The Morgan fingerprint density at radius 3 is 2.65 bits per heavy atom. The number of amides is 1. The van der Waals surface area contributed by atoms with E-state index in [1.54, 1.807) is 7.11 Å². The third kappa shape index (κ3) is 4.78. The quantitative estimate of drug-likeness (QED) is 0.703. The van der Waals surface area contributed by atoms with Crippen LogP contribution in [0.1, 0.15) is 52.4 Å². The first kappa shape index (κ1) is 17.0. The fraction of sp³-hybridized carbons (Fsp3) is 0.867. The van der Waals surface area contributed by atoms with Crippen molar-refractivity contribution < 1.29 is 19.4 Å². The lowest BCUT2D eigenvalue weighted by Gasteiger charge is -2.38. The van der Waals surface area contributed by atoms with E-state index in [0.29, 0.717) is 19.4 Å². The van der Waals surface area contributed by atoms with Crippen LogP contribution < -0.4 is 5.32 Å². The molecule has 2 N–H and O–H groups in total. The molecule has 20 heavy (non-hydrogen) atoms. The zero-order chi connectivity index (χ0) is 15.2. The molecule has 0 radical (unpaired) electrons. The van der Waals surface area contributed by atoms with Gasteiger partial charge in [-0.2, -0.15) is 0 Å². The number of aliphatic carboxylic acids is 1. The molecule has 0 saturated heterocycles. The zero-order valence-corrected chi connectivity index (χ0v) is 12.8. The number of nitrogens with one attached hydrogen (secondary N) is 1. The summed E-state index contributed by atoms with van der Waals surface area (Å²) < 4.78 is 4.92. The summed E-state index contributed by atoms with van der Waals surface area (Å²) in [6.45, 7) is 4.70. The first-order valence-corrected chi connectivity index (χ1v) is 7.40. The van der Waals surface area contributed by atoms with Gasteiger partial charge in [0, 0.05) is 19.6 Å². The lowest BCUT2D eigenvalue weighted by atomic mass is 9.68. The second-order valence-corrected chi connectivity index (χ2v) is 6.32. The number of hydrogen-bond acceptors (Lipinski definition) is 3. The molecular weight excluding hydrogens is 258 g/mol. The van der Waals surface area contributed by atoms with Gasteiger partial charge in [-0.1, -0.05) is 26.7 Å². The van der Waals surface area contributed by atoms with Crippen molar-refractivity contribution in [1.29, 1.82) is 0 Å². The molecule has 1 rings (SSSR count). The van der Waals surface area contributed by atoms with Gasteiger partial charge in [0.15, 0.2) is 0 Å². The van der Waals surface area contributed by atoms with Crippen LogP contribution in [0.5, 0.6) is 0 Å². The Balaban J connectivity index is 2.58. The average Bonchev–Trinajstić information content (AvgIpc) is 2.36. The first-order valence-electron chi connectivity index (χ1n) is 7.40. The van der Waals surface area contributed by atoms with E-state index < -0.39 is 12.0 Å². The third-order valence-electron chi connectivity index (χ3n) is 4.28. The standard InChI is InChI=1S/C15H27NO4/c1-15(2)9-5-4-7-11(15)13(17)16-12(14(18)19)8-6-10-20-3/h11-12H,4-10H2,1-3H3,(H,16,17)(H,18,19). The minimum atomic E-state index is -0.969. The Labute approximate surface area is 121 Å². The summed E-state index contributed by atoms with van der Waals surface area (Å²) in [5.41, 5.74) is -0.0437. The Morgan fingerprint density at radius 1 is 1.40 bits per heavy atom. The van der Waals surface area contributed by atoms with Crippen LogP contribution >= 0.6 is 0 Å². The number of carboxylic acid groups (broad SMARTS) is 1. The zero-order valence-electron chi connectivity index (χ0n) is 12.8. The fourth-order valence-corrected chi connectivity index (χ4v) is 2.94. The molecule has 1 aliphatic rings. The van der Waals surface area contributed by atoms with Crippen LogP contribution in [-0.4, -0.2) is 36.7 Å². The molecule has 2 unspecified atom stereocenters. The second-order valence-electron chi connectivity index (χ2n) is 6.32. The molecule has 0 bridgehead atoms. The summed E-state index contributed by atoms with van der Waals surface area (Å²) >= 11 is 0. The van der Waals surface area contributed by atoms with Crippen LogP contribution in [0.3, 0.4) is 0 Å². The summed E-state index contributed by atoms with van der Waals surface area (Å²) in [4.78, 5) is 23.6. The minimum Gasteiger partial charge on any atom is -0.480 e. The van der Waals surface area contributed by atoms with Crippen molar-refractivity contribution in [2.45, 2.75) is 58.4 Å². The Bertz CT molecular complexity index is 341. The number of ether oxygens (including phenoxy) is 1. The lowest BCUT2D eigenvalue weighted by molar-refractivity contribution is -0.144. The molecule has 0 aromatic rings. The van der Waals surface area contributed by atoms with Gasteiger partial charge in [0.1, 0.15) is 6.04 Å². The van der Waals surface area contributed by atoms with Crippen LogP contribution in [0.25, 0.3) is 0 Å². The van der Waals surface area contributed by atoms with Gasteiger partial charge in [-0.3, -0.25) is 4.79 Å². The van der Waals surface area contributed by atoms with E-state index in [2.05, 4.69) is 19.2 Å². The summed E-state index contributed by atoms with van der Waals surface area (Å²) in [5.74, 6) is -1.16. The Kier molecular flexibility index (Phi) is 6.46. The molecule has 1 amide bonds. The number of rotatable bonds is 7. The van der Waals surface area contributed by atoms with Gasteiger partial charge in [-0.15, -0.1) is 0 Å². The van der Waals surface area contributed by atoms with Crippen molar-refractivity contribution in [1.82, 2.24) is 5.32 Å². The van der Waals surface area contributed by atoms with Crippen LogP contribution in [0.15, 0.2) is 0 Å². The number of carbonyl (C=O) groups excluding carboxylic acids is 1. The third-order valence-corrected chi connectivity index (χ3v) is 4.28. The highest BCUT2D eigenvalue weighted by atomic mass is 16.5. The molecule has 116 valence electrons. The van der Waals surface area contributed by atoms with Crippen molar-refractivity contribution in [2.24, 2.45) is 11.3 Å². The smallest absolute Gasteiger partial charge is 0.326 e. The maximum absolute atomic E-state index is 12.4. The SMILES string of the molecule is COCCCC(NC(=O)C1CCCCC1(C)C)C(=O)O. The van der Waals surface area contributed by atoms with E-state index in [0.717, 1.165) is 25.7 Å². The van der Waals surface area contributed by atoms with E-state index in [1.165, 1.54) is 0 Å². The van der Waals surface area contributed by atoms with Crippen molar-refractivity contribution in [3.63, 3.8) is 0 Å². The molecule has 0 aromatic heterocycles. The minimum absolute atomic E-state index is 0.0437. The maximum Gasteiger partial charge on any atom is 0.326 e. The average molecular weight is 285 g/mol. The molecule has 0 aliphatic heterocycles. The lowest BCUT2D eigenvalue weighted by Crippen LogP contribution is -2.48. The van der Waals surface area contributed by atoms with Crippen molar-refractivity contribution in [3.8, 4) is 0 Å². The molecule has 1 saturated carbocycles. The van der Waals surface area contributed by atoms with Crippen LogP contribution in [0.4, 0.5) is 0 Å². The monoisotopic (exact) mass is 285 g/mol. The predicted molar refractivity (Wildman–Crippen MR) is 76.4 cm³/mol. The van der Waals surface area contributed by atoms with Crippen LogP contribution in [0.2, 0.25) is 0 Å². The summed E-state index contributed by atoms with van der Waals surface area (Å²) in [6.07, 6.45) is 5.09. The van der Waals surface area contributed by atoms with E-state index in [-0.39, 0.29) is 17.2 Å². The van der Waals surface area contributed by atoms with Gasteiger partial charge in [-0.05, 0) is 31.1 Å². The fourth-order valence-electron chi connectivity index (χ4n) is 2.94. The molecule has 5 heteroatoms. The Morgan fingerprint density at radius 2 is 2.10 bits per heavy atom. The van der Waals surface area contributed by atoms with Gasteiger partial charge >= 0.3 is 5.97 Å². The van der Waals surface area contributed by atoms with E-state index >= 15 is 0 Å². The summed E-state index contributed by atoms with van der Waals surface area (Å²) in [6, 6.07) is -0.810. The van der Waals surface area contributed by atoms with Gasteiger partial charge < -0.3 is 15.2 Å². The van der Waals surface area contributed by atoms with E-state index in [9.17, 15) is 14.7 Å². The molecule has 2 atom stereocenters. The Hall–Kier alpha value is -1.10. The second kappa shape index (κ2) is 7.62. The van der Waals surface area contributed by atoms with Crippen LogP contribution in [0, 0.1) is 11.3 Å². The van der Waals surface area contributed by atoms with Crippen molar-refractivity contribution in [2.75, 3.05) is 13.7 Å². The van der Waals surface area contributed by atoms with Gasteiger partial charge in [0.25, 0.3) is 0 Å². The highest BCUT2D eigenvalue weighted by Crippen LogP contribution is 2.40. The molecular formula is C15H27NO4. The predicted octanol–water partition coefficient (Wildman–Crippen LogP) is 2.20. The van der Waals surface area contributed by atoms with Gasteiger partial charge in [-0.25, -0.2) is 4.79 Å². The largest absolute Gasteiger partial charge is 0.480 e. The van der Waals surface area contributed by atoms with Crippen molar-refractivity contribution >= 4 is 11.9 Å². The first-order chi connectivity index (χ1) is 9.38. The summed E-state index contributed by atoms with van der Waals surface area (Å²) in [5, 5.41) is 11.9. The highest BCUT2D eigenvalue weighted by Gasteiger charge is 2.38. The molecule has 0 aromatic carbocycles. The molecule has 5 nitrogen and oxygen atoms in total. The van der Waals surface area contributed by atoms with Crippen molar-refractivity contribution in [3.05, 3.63) is 0 Å². The van der Waals surface area contributed by atoms with Gasteiger partial charge in [0.05, 0.1) is 0 Å². The number of hydrogen-bond donors (Lipinski definition) is 2. The molecule has 0 spiro atoms. The number of methoxy groups -OCH3 is 1. The topological polar surface area (TPSA) is 75.6 Å². The highest BCUT2D eigenvalue weighted by molar-refractivity contribution is 5.85. The van der Waals surface area contributed by atoms with Crippen LogP contribution in [-0.2, 0) is 14.3 Å². The summed E-state index contributed by atoms with van der Waals surface area (Å²) in [7, 11) is 1.58. The normalized spacial score (nSPS) is 23.1. The molecule has 0 heterocycles. The van der Waals surface area contributed by atoms with Gasteiger partial charge in [0.2, 0.25) is 5.91 Å². The number of carbonyl (C=O) groups is 2. The van der Waals surface area contributed by atoms with E-state index in [1.807, 2.05) is 0 Å². The van der Waals surface area contributed by atoms with E-state index in [4.69, 9.17) is 4.74 Å². The molecule has 1 fully saturated rings.